The average Bonchev–Trinajstić information content (AvgIpc) is 3.21. The Morgan fingerprint density at radius 1 is 0.967 bits per heavy atom. The zero-order valence-electron chi connectivity index (χ0n) is 18.6. The van der Waals surface area contributed by atoms with Gasteiger partial charge in [-0.05, 0) is 6.42 Å². The van der Waals surface area contributed by atoms with Gasteiger partial charge < -0.3 is 19.5 Å². The minimum Gasteiger partial charge on any atom is -0.494 e. The number of rotatable bonds is 16. The minimum atomic E-state index is -0.553. The lowest BCUT2D eigenvalue weighted by molar-refractivity contribution is -0.116. The number of hydrogen-bond acceptors (Lipinski definition) is 4. The Labute approximate surface area is 186 Å². The number of nitrogens with one attached hydrogen (secondary N) is 1. The van der Waals surface area contributed by atoms with E-state index in [-0.39, 0.29) is 12.7 Å². The van der Waals surface area contributed by atoms with Gasteiger partial charge >= 0.3 is 0 Å². The molecule has 0 bridgehead atoms. The van der Waals surface area contributed by atoms with E-state index in [0.717, 1.165) is 12.8 Å². The van der Waals surface area contributed by atoms with Crippen LogP contribution in [0.1, 0.15) is 90.4 Å². The van der Waals surface area contributed by atoms with E-state index >= 15 is 0 Å². The van der Waals surface area contributed by atoms with Crippen molar-refractivity contribution in [3.63, 3.8) is 0 Å². The molecule has 2 rings (SSSR count). The molecular weight excluding hydrogens is 402 g/mol. The van der Waals surface area contributed by atoms with E-state index in [9.17, 15) is 4.79 Å². The molecule has 1 aliphatic heterocycles. The molecule has 1 atom stereocenters. The number of benzene rings is 1. The Morgan fingerprint density at radius 3 is 2.07 bits per heavy atom. The largest absolute Gasteiger partial charge is 0.494 e. The molecule has 0 radical (unpaired) electrons. The lowest BCUT2D eigenvalue weighted by Gasteiger charge is -2.14. The Bertz CT molecular complexity index is 638. The summed E-state index contributed by atoms with van der Waals surface area (Å²) >= 11 is 6.32. The van der Waals surface area contributed by atoms with Crippen molar-refractivity contribution < 1.29 is 19.0 Å². The van der Waals surface area contributed by atoms with Crippen LogP contribution in [0.5, 0.6) is 17.2 Å². The van der Waals surface area contributed by atoms with E-state index in [1.54, 1.807) is 19.2 Å². The van der Waals surface area contributed by atoms with Crippen LogP contribution in [0.15, 0.2) is 12.1 Å². The van der Waals surface area contributed by atoms with Crippen molar-refractivity contribution in [2.24, 2.45) is 0 Å². The van der Waals surface area contributed by atoms with Crippen molar-refractivity contribution in [1.29, 1.82) is 0 Å². The Balaban J connectivity index is 1.55. The van der Waals surface area contributed by atoms with Crippen molar-refractivity contribution in [3.05, 3.63) is 12.1 Å². The molecule has 6 heteroatoms. The first kappa shape index (κ1) is 24.6. The summed E-state index contributed by atoms with van der Waals surface area (Å²) in [6.07, 6.45) is 16.2. The monoisotopic (exact) mass is 439 g/mol. The maximum Gasteiger partial charge on any atom is 0.242 e. The van der Waals surface area contributed by atoms with Crippen LogP contribution in [0.2, 0.25) is 0 Å². The summed E-state index contributed by atoms with van der Waals surface area (Å²) in [7, 11) is 1.55. The third-order valence-electron chi connectivity index (χ3n) is 5.55. The molecule has 30 heavy (non-hydrogen) atoms. The highest BCUT2D eigenvalue weighted by Crippen LogP contribution is 2.40. The summed E-state index contributed by atoms with van der Waals surface area (Å²) in [6.45, 7) is 2.43. The molecule has 5 nitrogen and oxygen atoms in total. The third kappa shape index (κ3) is 8.63. The molecule has 0 aliphatic carbocycles. The quantitative estimate of drug-likeness (QED) is 0.221. The summed E-state index contributed by atoms with van der Waals surface area (Å²) in [5.41, 5.74) is 0.548. The number of unbranched alkanes of at least 4 members (excludes halogenated alkanes) is 11. The van der Waals surface area contributed by atoms with Gasteiger partial charge in [-0.1, -0.05) is 84.0 Å². The first-order valence-electron chi connectivity index (χ1n) is 11.6. The molecule has 1 aromatic rings. The lowest BCUT2D eigenvalue weighted by Crippen LogP contribution is -2.23. The second-order valence-electron chi connectivity index (χ2n) is 8.04. The molecule has 1 aliphatic rings. The van der Waals surface area contributed by atoms with Gasteiger partial charge in [0.15, 0.2) is 11.5 Å². The van der Waals surface area contributed by atoms with Crippen LogP contribution < -0.4 is 19.5 Å². The fraction of sp³-hybridized carbons (Fsp3) is 0.708. The van der Waals surface area contributed by atoms with Crippen molar-refractivity contribution >= 4 is 23.2 Å². The summed E-state index contributed by atoms with van der Waals surface area (Å²) in [6, 6.07) is 3.43. The van der Waals surface area contributed by atoms with Crippen molar-refractivity contribution in [2.45, 2.75) is 95.8 Å². The lowest BCUT2D eigenvalue weighted by atomic mass is 10.0. The normalized spacial score (nSPS) is 13.3. The number of ether oxygens (including phenoxy) is 3. The van der Waals surface area contributed by atoms with Gasteiger partial charge in [0.25, 0.3) is 0 Å². The number of halogens is 1. The second kappa shape index (κ2) is 14.4. The van der Waals surface area contributed by atoms with Gasteiger partial charge in [-0.3, -0.25) is 4.79 Å². The summed E-state index contributed by atoms with van der Waals surface area (Å²) < 4.78 is 16.0. The van der Waals surface area contributed by atoms with Gasteiger partial charge in [0.05, 0.1) is 12.8 Å². The van der Waals surface area contributed by atoms with Crippen molar-refractivity contribution in [3.8, 4) is 17.2 Å². The highest BCUT2D eigenvalue weighted by Gasteiger charge is 2.21. The van der Waals surface area contributed by atoms with Crippen molar-refractivity contribution in [1.82, 2.24) is 0 Å². The number of methoxy groups -OCH3 is 1. The van der Waals surface area contributed by atoms with Crippen LogP contribution in [-0.4, -0.2) is 25.2 Å². The SMILES string of the molecule is CCCCCCCCCCCCCCC(Cl)C(=O)Nc1cc2c(cc1OC)OCO2. The van der Waals surface area contributed by atoms with Crippen LogP contribution in [0.4, 0.5) is 5.69 Å². The van der Waals surface area contributed by atoms with E-state index in [1.807, 2.05) is 0 Å². The van der Waals surface area contributed by atoms with Crippen LogP contribution in [-0.2, 0) is 4.79 Å². The van der Waals surface area contributed by atoms with Crippen LogP contribution >= 0.6 is 11.6 Å². The topological polar surface area (TPSA) is 56.8 Å². The van der Waals surface area contributed by atoms with E-state index < -0.39 is 5.38 Å². The number of carbonyl (C=O) groups is 1. The molecule has 0 spiro atoms. The van der Waals surface area contributed by atoms with Crippen LogP contribution in [0.3, 0.4) is 0 Å². The predicted octanol–water partition coefficient (Wildman–Crippen LogP) is 7.06. The molecule has 0 saturated heterocycles. The predicted molar refractivity (Wildman–Crippen MR) is 123 cm³/mol. The second-order valence-corrected chi connectivity index (χ2v) is 8.57. The maximum absolute atomic E-state index is 12.4. The highest BCUT2D eigenvalue weighted by molar-refractivity contribution is 6.32. The van der Waals surface area contributed by atoms with Gasteiger partial charge in [0, 0.05) is 12.1 Å². The van der Waals surface area contributed by atoms with E-state index in [2.05, 4.69) is 12.2 Å². The summed E-state index contributed by atoms with van der Waals surface area (Å²) in [4.78, 5) is 12.4. The highest BCUT2D eigenvalue weighted by atomic mass is 35.5. The molecular formula is C24H38ClNO4. The molecule has 0 fully saturated rings. The standard InChI is InChI=1S/C24H38ClNO4/c1-3-4-5-6-7-8-9-10-11-12-13-14-15-19(25)24(27)26-20-16-22-23(30-18-29-22)17-21(20)28-2/h16-17,19H,3-15,18H2,1-2H3,(H,26,27). The smallest absolute Gasteiger partial charge is 0.242 e. The first-order chi connectivity index (χ1) is 14.7. The van der Waals surface area contributed by atoms with Gasteiger partial charge in [-0.25, -0.2) is 0 Å². The van der Waals surface area contributed by atoms with E-state index in [1.165, 1.54) is 64.2 Å². The van der Waals surface area contributed by atoms with E-state index in [4.69, 9.17) is 25.8 Å². The van der Waals surface area contributed by atoms with Crippen molar-refractivity contribution in [2.75, 3.05) is 19.2 Å². The zero-order valence-corrected chi connectivity index (χ0v) is 19.4. The van der Waals surface area contributed by atoms with Gasteiger partial charge in [-0.15, -0.1) is 11.6 Å². The molecule has 1 N–H and O–H groups in total. The summed E-state index contributed by atoms with van der Waals surface area (Å²) in [5, 5.41) is 2.30. The fourth-order valence-electron chi connectivity index (χ4n) is 3.70. The number of carbonyl (C=O) groups excluding carboxylic acids is 1. The molecule has 1 heterocycles. The van der Waals surface area contributed by atoms with Gasteiger partial charge in [0.2, 0.25) is 12.7 Å². The third-order valence-corrected chi connectivity index (χ3v) is 5.96. The summed E-state index contributed by atoms with van der Waals surface area (Å²) in [5.74, 6) is 1.53. The van der Waals surface area contributed by atoms with Crippen LogP contribution in [0, 0.1) is 0 Å². The Hall–Kier alpha value is -1.62. The molecule has 170 valence electrons. The van der Waals surface area contributed by atoms with Gasteiger partial charge in [-0.2, -0.15) is 0 Å². The minimum absolute atomic E-state index is 0.174. The molecule has 0 saturated carbocycles. The molecule has 0 aromatic heterocycles. The maximum atomic E-state index is 12.4. The van der Waals surface area contributed by atoms with Crippen LogP contribution in [0.25, 0.3) is 0 Å². The fourth-order valence-corrected chi connectivity index (χ4v) is 3.91. The van der Waals surface area contributed by atoms with Gasteiger partial charge in [0.1, 0.15) is 11.1 Å². The average molecular weight is 440 g/mol. The molecule has 1 amide bonds. The number of alkyl halides is 1. The molecule has 1 aromatic carbocycles. The number of amides is 1. The number of fused-ring (bicyclic) bond motifs is 1. The Kier molecular flexibility index (Phi) is 11.8. The molecule has 1 unspecified atom stereocenters. The van der Waals surface area contributed by atoms with E-state index in [0.29, 0.717) is 29.4 Å². The zero-order chi connectivity index (χ0) is 21.6. The number of hydrogen-bond donors (Lipinski definition) is 1. The Morgan fingerprint density at radius 2 is 1.50 bits per heavy atom. The number of anilines is 1. The first-order valence-corrected chi connectivity index (χ1v) is 12.0.